The SMILES string of the molecule is COc1cccc(/C=N/NC(=O)c2nnn(-c3nonc3N)c2CSc2ccc(C)cc2)c1O. The molecule has 0 radical (unpaired) electrons. The lowest BCUT2D eigenvalue weighted by Crippen LogP contribution is -2.20. The van der Waals surface area contributed by atoms with Crippen molar-refractivity contribution in [2.24, 2.45) is 5.10 Å². The van der Waals surface area contributed by atoms with Crippen LogP contribution >= 0.6 is 11.8 Å². The van der Waals surface area contributed by atoms with E-state index >= 15 is 0 Å². The first-order valence-corrected chi connectivity index (χ1v) is 10.9. The maximum absolute atomic E-state index is 12.9. The number of ether oxygens (including phenoxy) is 1. The molecule has 2 aromatic carbocycles. The lowest BCUT2D eigenvalue weighted by atomic mass is 10.2. The van der Waals surface area contributed by atoms with E-state index in [1.807, 2.05) is 31.2 Å². The highest BCUT2D eigenvalue weighted by Crippen LogP contribution is 2.28. The zero-order chi connectivity index (χ0) is 24.1. The van der Waals surface area contributed by atoms with Crippen molar-refractivity contribution in [2.45, 2.75) is 17.6 Å². The van der Waals surface area contributed by atoms with Crippen LogP contribution in [0.3, 0.4) is 0 Å². The van der Waals surface area contributed by atoms with E-state index in [0.717, 1.165) is 10.5 Å². The van der Waals surface area contributed by atoms with Crippen LogP contribution in [0.25, 0.3) is 5.82 Å². The van der Waals surface area contributed by atoms with Crippen molar-refractivity contribution in [1.82, 2.24) is 30.7 Å². The topological polar surface area (TPSA) is 167 Å². The summed E-state index contributed by atoms with van der Waals surface area (Å²) in [5.41, 5.74) is 10.1. The number of hydrogen-bond donors (Lipinski definition) is 3. The molecule has 12 nitrogen and oxygen atoms in total. The molecule has 0 unspecified atom stereocenters. The van der Waals surface area contributed by atoms with E-state index in [0.29, 0.717) is 17.0 Å². The molecule has 174 valence electrons. The van der Waals surface area contributed by atoms with Crippen molar-refractivity contribution in [3.05, 3.63) is 65.0 Å². The second kappa shape index (κ2) is 10.0. The van der Waals surface area contributed by atoms with Crippen molar-refractivity contribution in [3.8, 4) is 17.3 Å². The van der Waals surface area contributed by atoms with E-state index in [9.17, 15) is 9.90 Å². The molecule has 4 N–H and O–H groups in total. The number of carbonyl (C=O) groups is 1. The Labute approximate surface area is 197 Å². The van der Waals surface area contributed by atoms with Crippen LogP contribution in [0.1, 0.15) is 27.3 Å². The third-order valence-electron chi connectivity index (χ3n) is 4.69. The number of nitrogens with two attached hydrogens (primary N) is 1. The van der Waals surface area contributed by atoms with Crippen molar-refractivity contribution in [3.63, 3.8) is 0 Å². The van der Waals surface area contributed by atoms with Gasteiger partial charge in [-0.05, 0) is 41.5 Å². The number of benzene rings is 2. The molecular formula is C21H20N8O4S. The zero-order valence-corrected chi connectivity index (χ0v) is 19.0. The molecule has 13 heteroatoms. The number of para-hydroxylation sites is 1. The predicted octanol–water partition coefficient (Wildman–Crippen LogP) is 2.31. The summed E-state index contributed by atoms with van der Waals surface area (Å²) in [4.78, 5) is 13.8. The van der Waals surface area contributed by atoms with Gasteiger partial charge in [0.25, 0.3) is 5.91 Å². The molecule has 1 amide bonds. The summed E-state index contributed by atoms with van der Waals surface area (Å²) in [6, 6.07) is 12.8. The number of anilines is 1. The second-order valence-electron chi connectivity index (χ2n) is 6.97. The molecular weight excluding hydrogens is 460 g/mol. The molecule has 4 rings (SSSR count). The normalized spacial score (nSPS) is 11.1. The van der Waals surface area contributed by atoms with Crippen LogP contribution in [0.4, 0.5) is 5.82 Å². The standard InChI is InChI=1S/C21H20N8O4S/c1-12-6-8-14(9-7-12)34-11-15-17(24-28-29(15)20-19(22)26-33-27-20)21(31)25-23-10-13-4-3-5-16(32-2)18(13)30/h3-10,30H,11H2,1-2H3,(H2,22,26)(H,25,31)/b23-10+. The smallest absolute Gasteiger partial charge is 0.293 e. The number of aromatic nitrogens is 5. The minimum atomic E-state index is -0.612. The average Bonchev–Trinajstić information content (AvgIpc) is 3.45. The monoisotopic (exact) mass is 480 g/mol. The fourth-order valence-electron chi connectivity index (χ4n) is 2.92. The molecule has 0 atom stereocenters. The Bertz CT molecular complexity index is 1330. The molecule has 34 heavy (non-hydrogen) atoms. The summed E-state index contributed by atoms with van der Waals surface area (Å²) in [5.74, 6) is 0.0247. The van der Waals surface area contributed by atoms with Crippen molar-refractivity contribution < 1.29 is 19.3 Å². The summed E-state index contributed by atoms with van der Waals surface area (Å²) < 4.78 is 11.0. The van der Waals surface area contributed by atoms with Gasteiger partial charge in [0, 0.05) is 16.2 Å². The molecule has 0 fully saturated rings. The van der Waals surface area contributed by atoms with E-state index < -0.39 is 5.91 Å². The van der Waals surface area contributed by atoms with Gasteiger partial charge in [-0.3, -0.25) is 4.79 Å². The first-order chi connectivity index (χ1) is 16.5. The number of phenols is 1. The number of methoxy groups -OCH3 is 1. The van der Waals surface area contributed by atoms with Crippen LogP contribution in [0.15, 0.2) is 57.1 Å². The number of hydrogen-bond acceptors (Lipinski definition) is 11. The van der Waals surface area contributed by atoms with Crippen LogP contribution in [0, 0.1) is 6.92 Å². The lowest BCUT2D eigenvalue weighted by Gasteiger charge is -2.06. The van der Waals surface area contributed by atoms with Crippen LogP contribution in [0.2, 0.25) is 0 Å². The molecule has 2 aromatic heterocycles. The number of amides is 1. The Morgan fingerprint density at radius 3 is 2.79 bits per heavy atom. The summed E-state index contributed by atoms with van der Waals surface area (Å²) in [6.45, 7) is 2.00. The summed E-state index contributed by atoms with van der Waals surface area (Å²) >= 11 is 1.48. The average molecular weight is 481 g/mol. The number of nitrogen functional groups attached to an aromatic ring is 1. The fraction of sp³-hybridized carbons (Fsp3) is 0.143. The maximum atomic E-state index is 12.9. The quantitative estimate of drug-likeness (QED) is 0.193. The Morgan fingerprint density at radius 1 is 1.29 bits per heavy atom. The highest BCUT2D eigenvalue weighted by atomic mass is 32.2. The van der Waals surface area contributed by atoms with Gasteiger partial charge < -0.3 is 15.6 Å². The van der Waals surface area contributed by atoms with E-state index in [2.05, 4.69) is 35.8 Å². The van der Waals surface area contributed by atoms with Gasteiger partial charge in [-0.1, -0.05) is 29.0 Å². The molecule has 0 saturated carbocycles. The summed E-state index contributed by atoms with van der Waals surface area (Å²) in [5, 5.41) is 29.4. The molecule has 0 aliphatic carbocycles. The Hall–Kier alpha value is -4.39. The van der Waals surface area contributed by atoms with Crippen LogP contribution in [-0.4, -0.2) is 49.6 Å². The van der Waals surface area contributed by atoms with Gasteiger partial charge in [0.15, 0.2) is 17.2 Å². The minimum absolute atomic E-state index is 0.00460. The van der Waals surface area contributed by atoms with Gasteiger partial charge >= 0.3 is 0 Å². The van der Waals surface area contributed by atoms with E-state index in [1.54, 1.807) is 18.2 Å². The Balaban J connectivity index is 1.58. The first-order valence-electron chi connectivity index (χ1n) is 9.89. The van der Waals surface area contributed by atoms with Crippen molar-refractivity contribution in [1.29, 1.82) is 0 Å². The number of nitrogens with zero attached hydrogens (tertiary/aromatic N) is 6. The highest BCUT2D eigenvalue weighted by molar-refractivity contribution is 7.98. The number of phenolic OH excluding ortho intramolecular Hbond substituents is 1. The molecule has 0 spiro atoms. The number of aromatic hydroxyl groups is 1. The molecule has 0 aliphatic rings. The van der Waals surface area contributed by atoms with Gasteiger partial charge in [-0.25, -0.2) is 10.1 Å². The number of thioether (sulfide) groups is 1. The number of rotatable bonds is 8. The van der Waals surface area contributed by atoms with Crippen molar-refractivity contribution in [2.75, 3.05) is 12.8 Å². The van der Waals surface area contributed by atoms with Crippen molar-refractivity contribution >= 4 is 29.7 Å². The number of hydrazone groups is 1. The largest absolute Gasteiger partial charge is 0.504 e. The third-order valence-corrected chi connectivity index (χ3v) is 5.71. The fourth-order valence-corrected chi connectivity index (χ4v) is 3.81. The van der Waals surface area contributed by atoms with Crippen LogP contribution < -0.4 is 15.9 Å². The Morgan fingerprint density at radius 2 is 2.09 bits per heavy atom. The molecule has 0 aliphatic heterocycles. The van der Waals surface area contributed by atoms with Gasteiger partial charge in [-0.15, -0.1) is 16.9 Å². The zero-order valence-electron chi connectivity index (χ0n) is 18.2. The second-order valence-corrected chi connectivity index (χ2v) is 8.02. The van der Waals surface area contributed by atoms with Gasteiger partial charge in [0.05, 0.1) is 19.0 Å². The summed E-state index contributed by atoms with van der Waals surface area (Å²) in [6.07, 6.45) is 1.29. The van der Waals surface area contributed by atoms with Gasteiger partial charge in [0.2, 0.25) is 11.6 Å². The molecule has 2 heterocycles. The van der Waals surface area contributed by atoms with E-state index in [-0.39, 0.29) is 28.8 Å². The minimum Gasteiger partial charge on any atom is -0.504 e. The van der Waals surface area contributed by atoms with Crippen LogP contribution in [-0.2, 0) is 5.75 Å². The Kier molecular flexibility index (Phi) is 6.73. The third kappa shape index (κ3) is 4.83. The predicted molar refractivity (Wildman–Crippen MR) is 124 cm³/mol. The first kappa shape index (κ1) is 22.8. The van der Waals surface area contributed by atoms with Crippen LogP contribution in [0.5, 0.6) is 11.5 Å². The summed E-state index contributed by atoms with van der Waals surface area (Å²) in [7, 11) is 1.44. The van der Waals surface area contributed by atoms with E-state index in [1.165, 1.54) is 29.8 Å². The maximum Gasteiger partial charge on any atom is 0.293 e. The number of nitrogens with one attached hydrogen (secondary N) is 1. The van der Waals surface area contributed by atoms with Gasteiger partial charge in [-0.2, -0.15) is 9.78 Å². The molecule has 0 bridgehead atoms. The lowest BCUT2D eigenvalue weighted by molar-refractivity contribution is 0.0949. The van der Waals surface area contributed by atoms with Gasteiger partial charge in [0.1, 0.15) is 0 Å². The highest BCUT2D eigenvalue weighted by Gasteiger charge is 2.24. The number of carbonyl (C=O) groups excluding carboxylic acids is 1. The molecule has 0 saturated heterocycles. The van der Waals surface area contributed by atoms with E-state index in [4.69, 9.17) is 10.5 Å². The molecule has 4 aromatic rings. The number of aryl methyl sites for hydroxylation is 1.